The van der Waals surface area contributed by atoms with Crippen molar-refractivity contribution >= 4 is 17.4 Å². The third-order valence-corrected chi connectivity index (χ3v) is 5.63. The predicted molar refractivity (Wildman–Crippen MR) is 102 cm³/mol. The van der Waals surface area contributed by atoms with Crippen molar-refractivity contribution in [1.82, 2.24) is 25.2 Å². The van der Waals surface area contributed by atoms with Gasteiger partial charge in [-0.05, 0) is 32.5 Å². The van der Waals surface area contributed by atoms with Crippen molar-refractivity contribution in [3.63, 3.8) is 0 Å². The maximum Gasteiger partial charge on any atom is 0.317 e. The Kier molecular flexibility index (Phi) is 6.29. The lowest BCUT2D eigenvalue weighted by atomic mass is 10.2. The molecule has 2 aromatic rings. The molecule has 142 valence electrons. The summed E-state index contributed by atoms with van der Waals surface area (Å²) in [5.41, 5.74) is 0.902. The van der Waals surface area contributed by atoms with E-state index in [0.717, 1.165) is 44.2 Å². The Balaban J connectivity index is 1.44. The van der Waals surface area contributed by atoms with Gasteiger partial charge in [-0.2, -0.15) is 0 Å². The number of carbonyl (C=O) groups excluding carboxylic acids is 1. The fraction of sp³-hybridized carbons (Fsp3) is 0.556. The van der Waals surface area contributed by atoms with Gasteiger partial charge in [0.15, 0.2) is 5.76 Å². The van der Waals surface area contributed by atoms with Crippen LogP contribution in [0.5, 0.6) is 0 Å². The number of likely N-dealkylation sites (N-methyl/N-ethyl adjacent to an activating group) is 1. The Morgan fingerprint density at radius 3 is 2.73 bits per heavy atom. The summed E-state index contributed by atoms with van der Waals surface area (Å²) in [7, 11) is 4.08. The van der Waals surface area contributed by atoms with Crippen molar-refractivity contribution in [2.75, 3.05) is 46.8 Å². The van der Waals surface area contributed by atoms with Crippen molar-refractivity contribution in [2.45, 2.75) is 19.5 Å². The quantitative estimate of drug-likeness (QED) is 0.836. The van der Waals surface area contributed by atoms with Gasteiger partial charge in [0.2, 0.25) is 0 Å². The molecule has 0 bridgehead atoms. The first kappa shape index (κ1) is 18.9. The second-order valence-electron chi connectivity index (χ2n) is 6.88. The van der Waals surface area contributed by atoms with E-state index in [-0.39, 0.29) is 12.1 Å². The number of aryl methyl sites for hydroxylation is 1. The van der Waals surface area contributed by atoms with Gasteiger partial charge in [0.25, 0.3) is 0 Å². The van der Waals surface area contributed by atoms with Crippen LogP contribution in [0.15, 0.2) is 28.1 Å². The molecule has 2 amide bonds. The van der Waals surface area contributed by atoms with Crippen LogP contribution in [0.1, 0.15) is 22.4 Å². The van der Waals surface area contributed by atoms with Gasteiger partial charge in [0, 0.05) is 43.7 Å². The van der Waals surface area contributed by atoms with E-state index in [2.05, 4.69) is 31.7 Å². The summed E-state index contributed by atoms with van der Waals surface area (Å²) in [6, 6.07) is 6.35. The summed E-state index contributed by atoms with van der Waals surface area (Å²) < 4.78 is 5.28. The van der Waals surface area contributed by atoms with Gasteiger partial charge >= 0.3 is 6.03 Å². The zero-order chi connectivity index (χ0) is 18.5. The maximum atomic E-state index is 12.5. The van der Waals surface area contributed by atoms with Gasteiger partial charge in [0.05, 0.1) is 18.3 Å². The standard InChI is InChI=1S/C18H27N5O2S/c1-14-11-15(25-20-14)13-22-6-8-23(9-7-22)18(24)19-12-16(21(2)3)17-5-4-10-26-17/h4-5,10-11,16H,6-9,12-13H2,1-3H3,(H,19,24). The van der Waals surface area contributed by atoms with E-state index in [9.17, 15) is 4.79 Å². The molecule has 8 heteroatoms. The molecular formula is C18H27N5O2S. The molecule has 0 spiro atoms. The molecule has 0 radical (unpaired) electrons. The normalized spacial score (nSPS) is 16.8. The first-order valence-electron chi connectivity index (χ1n) is 8.90. The number of aromatic nitrogens is 1. The second-order valence-corrected chi connectivity index (χ2v) is 7.86. The number of urea groups is 1. The Labute approximate surface area is 158 Å². The lowest BCUT2D eigenvalue weighted by Gasteiger charge is -2.34. The number of thiophene rings is 1. The topological polar surface area (TPSA) is 64.8 Å². The molecule has 1 aliphatic heterocycles. The molecule has 0 aliphatic carbocycles. The van der Waals surface area contributed by atoms with Crippen LogP contribution in [-0.2, 0) is 6.54 Å². The van der Waals surface area contributed by atoms with Crippen LogP contribution in [0, 0.1) is 6.92 Å². The van der Waals surface area contributed by atoms with Crippen molar-refractivity contribution < 1.29 is 9.32 Å². The molecule has 2 aromatic heterocycles. The lowest BCUT2D eigenvalue weighted by molar-refractivity contribution is 0.126. The molecule has 0 saturated carbocycles. The van der Waals surface area contributed by atoms with Gasteiger partial charge < -0.3 is 19.6 Å². The summed E-state index contributed by atoms with van der Waals surface area (Å²) in [6.07, 6.45) is 0. The second kappa shape index (κ2) is 8.66. The number of hydrogen-bond donors (Lipinski definition) is 1. The average molecular weight is 378 g/mol. The number of rotatable bonds is 6. The van der Waals surface area contributed by atoms with E-state index in [1.807, 2.05) is 38.1 Å². The summed E-state index contributed by atoms with van der Waals surface area (Å²) in [6.45, 7) is 6.42. The van der Waals surface area contributed by atoms with E-state index in [1.54, 1.807) is 11.3 Å². The monoisotopic (exact) mass is 377 g/mol. The molecular weight excluding hydrogens is 350 g/mol. The highest BCUT2D eigenvalue weighted by molar-refractivity contribution is 7.10. The molecule has 1 fully saturated rings. The zero-order valence-electron chi connectivity index (χ0n) is 15.6. The number of amides is 2. The summed E-state index contributed by atoms with van der Waals surface area (Å²) >= 11 is 1.72. The highest BCUT2D eigenvalue weighted by Crippen LogP contribution is 2.22. The third kappa shape index (κ3) is 4.84. The van der Waals surface area contributed by atoms with E-state index in [0.29, 0.717) is 6.54 Å². The molecule has 0 aromatic carbocycles. The highest BCUT2D eigenvalue weighted by atomic mass is 32.1. The first-order valence-corrected chi connectivity index (χ1v) is 9.78. The van der Waals surface area contributed by atoms with Crippen molar-refractivity contribution in [1.29, 1.82) is 0 Å². The van der Waals surface area contributed by atoms with Crippen LogP contribution in [0.25, 0.3) is 0 Å². The lowest BCUT2D eigenvalue weighted by Crippen LogP contribution is -2.52. The number of nitrogens with zero attached hydrogens (tertiary/aromatic N) is 4. The van der Waals surface area contributed by atoms with E-state index in [4.69, 9.17) is 4.52 Å². The Hall–Kier alpha value is -1.90. The average Bonchev–Trinajstić information content (AvgIpc) is 3.27. The number of hydrogen-bond acceptors (Lipinski definition) is 6. The smallest absolute Gasteiger partial charge is 0.317 e. The molecule has 1 unspecified atom stereocenters. The molecule has 3 heterocycles. The number of nitrogens with one attached hydrogen (secondary N) is 1. The number of carbonyl (C=O) groups is 1. The SMILES string of the molecule is Cc1cc(CN2CCN(C(=O)NCC(c3cccs3)N(C)C)CC2)on1. The maximum absolute atomic E-state index is 12.5. The highest BCUT2D eigenvalue weighted by Gasteiger charge is 2.23. The summed E-state index contributed by atoms with van der Waals surface area (Å²) in [4.78, 5) is 20.1. The molecule has 26 heavy (non-hydrogen) atoms. The van der Waals surface area contributed by atoms with Crippen LogP contribution in [0.3, 0.4) is 0 Å². The minimum atomic E-state index is 0.0172. The van der Waals surface area contributed by atoms with Crippen molar-refractivity contribution in [3.8, 4) is 0 Å². The molecule has 1 N–H and O–H groups in total. The number of piperazine rings is 1. The van der Waals surface area contributed by atoms with Crippen LogP contribution in [-0.4, -0.2) is 72.7 Å². The molecule has 1 saturated heterocycles. The fourth-order valence-corrected chi connectivity index (χ4v) is 4.06. The molecule has 1 atom stereocenters. The zero-order valence-corrected chi connectivity index (χ0v) is 16.5. The van der Waals surface area contributed by atoms with E-state index < -0.39 is 0 Å². The van der Waals surface area contributed by atoms with Gasteiger partial charge in [0.1, 0.15) is 0 Å². The van der Waals surface area contributed by atoms with Gasteiger partial charge in [-0.25, -0.2) is 4.79 Å². The predicted octanol–water partition coefficient (Wildman–Crippen LogP) is 2.17. The molecule has 3 rings (SSSR count). The summed E-state index contributed by atoms with van der Waals surface area (Å²) in [5.74, 6) is 0.880. The Morgan fingerprint density at radius 2 is 2.15 bits per heavy atom. The third-order valence-electron chi connectivity index (χ3n) is 4.66. The van der Waals surface area contributed by atoms with E-state index in [1.165, 1.54) is 4.88 Å². The van der Waals surface area contributed by atoms with Crippen LogP contribution in [0.4, 0.5) is 4.79 Å². The Morgan fingerprint density at radius 1 is 1.38 bits per heavy atom. The fourth-order valence-electron chi connectivity index (χ4n) is 3.13. The van der Waals surface area contributed by atoms with Crippen molar-refractivity contribution in [2.24, 2.45) is 0 Å². The first-order chi connectivity index (χ1) is 12.5. The molecule has 7 nitrogen and oxygen atoms in total. The van der Waals surface area contributed by atoms with Crippen LogP contribution in [0.2, 0.25) is 0 Å². The minimum Gasteiger partial charge on any atom is -0.360 e. The minimum absolute atomic E-state index is 0.0172. The van der Waals surface area contributed by atoms with Gasteiger partial charge in [-0.15, -0.1) is 11.3 Å². The van der Waals surface area contributed by atoms with Crippen LogP contribution >= 0.6 is 11.3 Å². The van der Waals surface area contributed by atoms with Crippen molar-refractivity contribution in [3.05, 3.63) is 39.9 Å². The Bertz CT molecular complexity index is 692. The van der Waals surface area contributed by atoms with E-state index >= 15 is 0 Å². The molecule has 1 aliphatic rings. The van der Waals surface area contributed by atoms with Crippen LogP contribution < -0.4 is 5.32 Å². The van der Waals surface area contributed by atoms with Gasteiger partial charge in [-0.3, -0.25) is 4.90 Å². The largest absolute Gasteiger partial charge is 0.360 e. The van der Waals surface area contributed by atoms with Gasteiger partial charge in [-0.1, -0.05) is 11.2 Å². The summed E-state index contributed by atoms with van der Waals surface area (Å²) in [5, 5.41) is 9.09.